The number of rotatable bonds is 4. The van der Waals surface area contributed by atoms with Crippen molar-refractivity contribution in [3.8, 4) is 0 Å². The van der Waals surface area contributed by atoms with Crippen LogP contribution in [0.5, 0.6) is 0 Å². The van der Waals surface area contributed by atoms with Crippen molar-refractivity contribution in [1.29, 1.82) is 0 Å². The molecule has 3 fully saturated rings. The summed E-state index contributed by atoms with van der Waals surface area (Å²) >= 11 is 0. The fraction of sp³-hybridized carbons (Fsp3) is 0.875. The summed E-state index contributed by atoms with van der Waals surface area (Å²) in [6, 6.07) is 0. The van der Waals surface area contributed by atoms with Gasteiger partial charge in [-0.25, -0.2) is 0 Å². The molecule has 1 unspecified atom stereocenters. The maximum absolute atomic E-state index is 12.7. The Balaban J connectivity index is 1.55. The molecule has 22 heavy (non-hydrogen) atoms. The fourth-order valence-corrected chi connectivity index (χ4v) is 3.64. The minimum atomic E-state index is -0.162. The first-order valence-electron chi connectivity index (χ1n) is 8.34. The normalized spacial score (nSPS) is 27.6. The Kier molecular flexibility index (Phi) is 4.41. The number of hydrogen-bond donors (Lipinski definition) is 0. The van der Waals surface area contributed by atoms with E-state index in [2.05, 4.69) is 4.90 Å². The van der Waals surface area contributed by atoms with E-state index in [-0.39, 0.29) is 23.3 Å². The van der Waals surface area contributed by atoms with Crippen molar-refractivity contribution < 1.29 is 14.3 Å². The summed E-state index contributed by atoms with van der Waals surface area (Å²) in [6.07, 6.45) is 3.70. The number of likely N-dealkylation sites (N-methyl/N-ethyl adjacent to an activating group) is 1. The number of amides is 2. The fourth-order valence-electron chi connectivity index (χ4n) is 3.64. The molecule has 2 amide bonds. The summed E-state index contributed by atoms with van der Waals surface area (Å²) in [6.45, 7) is 4.15. The van der Waals surface area contributed by atoms with E-state index in [1.165, 1.54) is 6.42 Å². The molecule has 1 aliphatic carbocycles. The van der Waals surface area contributed by atoms with E-state index >= 15 is 0 Å². The molecule has 6 nitrogen and oxygen atoms in total. The third-order valence-electron chi connectivity index (χ3n) is 5.21. The highest BCUT2D eigenvalue weighted by molar-refractivity contribution is 5.89. The molecular formula is C16H27N3O3. The molecule has 0 bridgehead atoms. The van der Waals surface area contributed by atoms with Crippen LogP contribution in [0.3, 0.4) is 0 Å². The summed E-state index contributed by atoms with van der Waals surface area (Å²) in [5.74, 6) is 0.104. The minimum Gasteiger partial charge on any atom is -0.371 e. The SMILES string of the molecule is CN(C)CCN1CC(C(=O)N2CCOC3(CCC3)C2)CC1=O. The molecule has 3 aliphatic rings. The second kappa shape index (κ2) is 6.16. The van der Waals surface area contributed by atoms with E-state index in [4.69, 9.17) is 4.74 Å². The molecule has 1 saturated carbocycles. The number of carbonyl (C=O) groups excluding carboxylic acids is 2. The Hall–Kier alpha value is -1.14. The van der Waals surface area contributed by atoms with Gasteiger partial charge in [-0.15, -0.1) is 0 Å². The monoisotopic (exact) mass is 309 g/mol. The molecular weight excluding hydrogens is 282 g/mol. The Morgan fingerprint density at radius 2 is 2.18 bits per heavy atom. The van der Waals surface area contributed by atoms with Crippen LogP contribution in [0.15, 0.2) is 0 Å². The molecule has 2 aliphatic heterocycles. The highest BCUT2D eigenvalue weighted by atomic mass is 16.5. The predicted octanol–water partition coefficient (Wildman–Crippen LogP) is 0.178. The molecule has 0 aromatic heterocycles. The number of carbonyl (C=O) groups is 2. The summed E-state index contributed by atoms with van der Waals surface area (Å²) in [5, 5.41) is 0. The lowest BCUT2D eigenvalue weighted by atomic mass is 9.78. The molecule has 0 aromatic rings. The Bertz CT molecular complexity index is 448. The zero-order valence-electron chi connectivity index (χ0n) is 13.7. The van der Waals surface area contributed by atoms with Crippen molar-refractivity contribution in [2.45, 2.75) is 31.3 Å². The first-order valence-corrected chi connectivity index (χ1v) is 8.34. The van der Waals surface area contributed by atoms with Crippen LogP contribution in [0.25, 0.3) is 0 Å². The van der Waals surface area contributed by atoms with Gasteiger partial charge in [-0.3, -0.25) is 9.59 Å². The number of ether oxygens (including phenoxy) is 1. The summed E-state index contributed by atoms with van der Waals surface area (Å²) in [7, 11) is 3.99. The Morgan fingerprint density at radius 3 is 2.82 bits per heavy atom. The third kappa shape index (κ3) is 3.13. The van der Waals surface area contributed by atoms with Gasteiger partial charge in [-0.2, -0.15) is 0 Å². The maximum atomic E-state index is 12.7. The lowest BCUT2D eigenvalue weighted by Gasteiger charge is -2.48. The van der Waals surface area contributed by atoms with Crippen LogP contribution in [-0.4, -0.2) is 85.5 Å². The number of likely N-dealkylation sites (tertiary alicyclic amines) is 1. The van der Waals surface area contributed by atoms with Gasteiger partial charge < -0.3 is 19.4 Å². The average molecular weight is 309 g/mol. The number of morpholine rings is 1. The van der Waals surface area contributed by atoms with Crippen LogP contribution in [0.2, 0.25) is 0 Å². The van der Waals surface area contributed by atoms with Crippen LogP contribution in [-0.2, 0) is 14.3 Å². The predicted molar refractivity (Wildman–Crippen MR) is 82.4 cm³/mol. The van der Waals surface area contributed by atoms with E-state index in [9.17, 15) is 9.59 Å². The first kappa shape index (κ1) is 15.7. The largest absolute Gasteiger partial charge is 0.371 e. The van der Waals surface area contributed by atoms with E-state index < -0.39 is 0 Å². The van der Waals surface area contributed by atoms with Gasteiger partial charge in [0.2, 0.25) is 11.8 Å². The van der Waals surface area contributed by atoms with Crippen molar-refractivity contribution in [2.75, 3.05) is 53.4 Å². The molecule has 1 atom stereocenters. The lowest BCUT2D eigenvalue weighted by Crippen LogP contribution is -2.58. The number of hydrogen-bond acceptors (Lipinski definition) is 4. The lowest BCUT2D eigenvalue weighted by molar-refractivity contribution is -0.170. The molecule has 1 spiro atoms. The zero-order valence-corrected chi connectivity index (χ0v) is 13.7. The van der Waals surface area contributed by atoms with Crippen molar-refractivity contribution >= 4 is 11.8 Å². The molecule has 0 aromatic carbocycles. The standard InChI is InChI=1S/C16H27N3O3/c1-17(2)6-7-18-11-13(10-14(18)20)15(21)19-8-9-22-16(12-19)4-3-5-16/h13H,3-12H2,1-2H3. The van der Waals surface area contributed by atoms with Crippen molar-refractivity contribution in [3.05, 3.63) is 0 Å². The van der Waals surface area contributed by atoms with Gasteiger partial charge >= 0.3 is 0 Å². The smallest absolute Gasteiger partial charge is 0.228 e. The molecule has 2 saturated heterocycles. The quantitative estimate of drug-likeness (QED) is 0.743. The van der Waals surface area contributed by atoms with Crippen molar-refractivity contribution in [3.63, 3.8) is 0 Å². The molecule has 0 radical (unpaired) electrons. The third-order valence-corrected chi connectivity index (χ3v) is 5.21. The Labute approximate surface area is 132 Å². The van der Waals surface area contributed by atoms with E-state index in [0.717, 1.165) is 19.4 Å². The zero-order chi connectivity index (χ0) is 15.7. The van der Waals surface area contributed by atoms with E-state index in [1.54, 1.807) is 0 Å². The van der Waals surface area contributed by atoms with Crippen LogP contribution in [0, 0.1) is 5.92 Å². The molecule has 124 valence electrons. The molecule has 6 heteroatoms. The highest BCUT2D eigenvalue weighted by Crippen LogP contribution is 2.38. The van der Waals surface area contributed by atoms with E-state index in [1.807, 2.05) is 23.9 Å². The maximum Gasteiger partial charge on any atom is 0.228 e. The number of nitrogens with zero attached hydrogens (tertiary/aromatic N) is 3. The minimum absolute atomic E-state index is 0.0683. The van der Waals surface area contributed by atoms with Gasteiger partial charge in [0.05, 0.1) is 18.1 Å². The molecule has 0 N–H and O–H groups in total. The highest BCUT2D eigenvalue weighted by Gasteiger charge is 2.45. The van der Waals surface area contributed by atoms with Gasteiger partial charge in [0.1, 0.15) is 0 Å². The Morgan fingerprint density at radius 1 is 1.41 bits per heavy atom. The summed E-state index contributed by atoms with van der Waals surface area (Å²) in [5.41, 5.74) is -0.0683. The second-order valence-corrected chi connectivity index (χ2v) is 7.19. The van der Waals surface area contributed by atoms with E-state index in [0.29, 0.717) is 39.2 Å². The molecule has 3 rings (SSSR count). The first-order chi connectivity index (χ1) is 10.5. The van der Waals surface area contributed by atoms with Gasteiger partial charge in [0, 0.05) is 39.1 Å². The van der Waals surface area contributed by atoms with Gasteiger partial charge in [-0.1, -0.05) is 0 Å². The van der Waals surface area contributed by atoms with Gasteiger partial charge in [0.25, 0.3) is 0 Å². The summed E-state index contributed by atoms with van der Waals surface area (Å²) in [4.78, 5) is 30.7. The van der Waals surface area contributed by atoms with Crippen molar-refractivity contribution in [2.24, 2.45) is 5.92 Å². The van der Waals surface area contributed by atoms with Crippen LogP contribution >= 0.6 is 0 Å². The average Bonchev–Trinajstić information content (AvgIpc) is 2.84. The van der Waals surface area contributed by atoms with Crippen molar-refractivity contribution in [1.82, 2.24) is 14.7 Å². The van der Waals surface area contributed by atoms with Crippen LogP contribution in [0.1, 0.15) is 25.7 Å². The molecule has 2 heterocycles. The second-order valence-electron chi connectivity index (χ2n) is 7.19. The summed E-state index contributed by atoms with van der Waals surface area (Å²) < 4.78 is 5.87. The van der Waals surface area contributed by atoms with Crippen LogP contribution in [0.4, 0.5) is 0 Å². The van der Waals surface area contributed by atoms with Crippen LogP contribution < -0.4 is 0 Å². The van der Waals surface area contributed by atoms with Gasteiger partial charge in [-0.05, 0) is 33.4 Å². The topological polar surface area (TPSA) is 53.1 Å². The van der Waals surface area contributed by atoms with Gasteiger partial charge in [0.15, 0.2) is 0 Å².